The number of halogens is 8. The predicted molar refractivity (Wildman–Crippen MR) is 542 cm³/mol. The number of carbonyl (C=O) groups excluding carboxylic acids is 1. The summed E-state index contributed by atoms with van der Waals surface area (Å²) in [5.74, 6) is 0.248. The monoisotopic (exact) mass is 2020 g/mol. The van der Waals surface area contributed by atoms with E-state index in [0.29, 0.717) is 150 Å². The van der Waals surface area contributed by atoms with Crippen LogP contribution >= 0.6 is 0 Å². The van der Waals surface area contributed by atoms with Gasteiger partial charge in [0.15, 0.2) is 91.7 Å². The number of aryl methyl sites for hydroxylation is 6. The molecule has 39 nitrogen and oxygen atoms in total. The summed E-state index contributed by atoms with van der Waals surface area (Å²) in [5, 5.41) is 36.6. The molecule has 2 aliphatic heterocycles. The zero-order valence-electron chi connectivity index (χ0n) is 84.0. The van der Waals surface area contributed by atoms with Gasteiger partial charge in [0.05, 0.1) is 88.8 Å². The zero-order chi connectivity index (χ0) is 105. The molecule has 0 unspecified atom stereocenters. The molecule has 2 saturated heterocycles. The first-order chi connectivity index (χ1) is 70.3. The van der Waals surface area contributed by atoms with Crippen molar-refractivity contribution in [1.82, 2.24) is 118 Å². The molecule has 0 aliphatic carbocycles. The van der Waals surface area contributed by atoms with E-state index in [2.05, 4.69) is 116 Å². The lowest BCUT2D eigenvalue weighted by atomic mass is 10.1. The van der Waals surface area contributed by atoms with Crippen molar-refractivity contribution >= 4 is 113 Å². The fourth-order valence-electron chi connectivity index (χ4n) is 16.2. The minimum Gasteiger partial charge on any atom is -0.488 e. The molecule has 0 atom stereocenters. The highest BCUT2D eigenvalue weighted by molar-refractivity contribution is 6.04. The second kappa shape index (κ2) is 45.5. The number of nitrogens with two attached hydrogens (primary N) is 2. The van der Waals surface area contributed by atoms with E-state index in [1.54, 1.807) is 133 Å². The van der Waals surface area contributed by atoms with Crippen LogP contribution in [-0.4, -0.2) is 229 Å². The van der Waals surface area contributed by atoms with Crippen LogP contribution in [0.5, 0.6) is 28.7 Å². The quantitative estimate of drug-likeness (QED) is 0.0458. The van der Waals surface area contributed by atoms with Gasteiger partial charge in [0.1, 0.15) is 113 Å². The van der Waals surface area contributed by atoms with E-state index in [1.165, 1.54) is 72.7 Å². The van der Waals surface area contributed by atoms with Gasteiger partial charge in [-0.05, 0) is 159 Å². The van der Waals surface area contributed by atoms with Crippen molar-refractivity contribution in [3.8, 4) is 96.3 Å². The zero-order valence-corrected chi connectivity index (χ0v) is 84.0. The molecule has 1 amide bonds. The number of hydrogen-bond donors (Lipinski definition) is 4. The van der Waals surface area contributed by atoms with Gasteiger partial charge in [-0.2, -0.15) is 39.4 Å². The van der Waals surface area contributed by atoms with E-state index < -0.39 is 47.3 Å². The van der Waals surface area contributed by atoms with Crippen LogP contribution in [0.3, 0.4) is 0 Å². The van der Waals surface area contributed by atoms with Crippen molar-refractivity contribution in [2.75, 3.05) is 111 Å². The number of amides is 1. The van der Waals surface area contributed by atoms with E-state index in [-0.39, 0.29) is 70.7 Å². The third-order valence-corrected chi connectivity index (χ3v) is 22.7. The lowest BCUT2D eigenvalue weighted by molar-refractivity contribution is -0.118. The summed E-state index contributed by atoms with van der Waals surface area (Å²) >= 11 is 0. The Morgan fingerprint density at radius 2 is 0.626 bits per heavy atom. The highest BCUT2D eigenvalue weighted by Crippen LogP contribution is 2.42. The Bertz CT molecular complexity index is 7650. The van der Waals surface area contributed by atoms with Crippen LogP contribution in [0, 0.1) is 40.8 Å². The fraction of sp³-hybridized carbons (Fsp3) is 0.330. The van der Waals surface area contributed by atoms with Gasteiger partial charge >= 0.3 is 6.61 Å². The molecule has 6 aromatic carbocycles. The highest BCUT2D eigenvalue weighted by Gasteiger charge is 2.30. The standard InChI is InChI=1S/C20H23FN6O2.C19H22FN5O2.C17H20FN5O.C16H18FN5O.C15H16FN5O.C13H10F3N5O/c1-12(2)20(28)24-15-5-4-13(10-14(15)21)17-16-18(26(3)25-17)22-11-23-19(16)27-6-8-29-9-7-27;1-12(2)27-15-5-4-13(10-14(15)20)17-16-18(24(3)23-17)21-11-22-19(16)25-6-8-26-9-7-25;1-10(2)24-13-7-6-11(8-12(13)18)15-14-16(22(3)4)19-9-20-17(14)23(5)21-15;1-9(2)23-12-6-5-10(7-11(12)17)14-13-15(18-3)19-8-20-16(13)22(4)21-14;1-8(2)22-11-5-4-9(6-10(11)16)13-12-14(17)18-7-19-15(12)21(3)20-13;1-21-12-9(11(17)18-5-19-12)10(20-21)6-2-3-8(7(14)4-6)22-13(15)16/h4-5,10-12H,6-9H2,1-3H3,(H,24,28);4-5,10-12H,6-9H2,1-3H3;6-10H,1-5H3;5-9H,1-4H3,(H,18,19,20);4-8H,1-3H3,(H2,17,18,19);2-5,13H,1H3,(H2,17,18,19). The topological polar surface area (TPSA) is 429 Å². The molecule has 18 aromatic rings. The SMILES string of the molecule is CC(C)C(=O)Nc1ccc(-c2nn(C)c3ncnc(N4CCOCC4)c23)cc1F.CC(C)Oc1ccc(-c2nn(C)c3ncnc(N(C)C)c23)cc1F.CC(C)Oc1ccc(-c2nn(C)c3ncnc(N)c23)cc1F.CC(C)Oc1ccc(-c2nn(C)c3ncnc(N4CCOCC4)c23)cc1F.CNc1ncnc2c1c(-c1ccc(OC(C)C)c(F)c1)nn2C.Cn1nc(-c2ccc(OC(F)F)c(F)c2)c2c(N)ncnc21. The summed E-state index contributed by atoms with van der Waals surface area (Å²) in [7, 11) is 16.2. The number of rotatable bonds is 22. The van der Waals surface area contributed by atoms with E-state index in [9.17, 15) is 39.9 Å². The Hall–Kier alpha value is -16.8. The Morgan fingerprint density at radius 3 is 0.932 bits per heavy atom. The summed E-state index contributed by atoms with van der Waals surface area (Å²) in [5.41, 5.74) is 22.7. The van der Waals surface area contributed by atoms with Gasteiger partial charge in [-0.1, -0.05) is 19.9 Å². The first-order valence-corrected chi connectivity index (χ1v) is 46.6. The maximum absolute atomic E-state index is 14.7. The molecule has 14 heterocycles. The number of fused-ring (bicyclic) bond motifs is 6. The van der Waals surface area contributed by atoms with Gasteiger partial charge in [-0.3, -0.25) is 4.79 Å². The molecule has 2 fully saturated rings. The maximum atomic E-state index is 14.7. The summed E-state index contributed by atoms with van der Waals surface area (Å²) in [6.07, 6.45) is 8.34. The number of nitrogens with one attached hydrogen (secondary N) is 2. The van der Waals surface area contributed by atoms with E-state index in [4.69, 9.17) is 39.9 Å². The third kappa shape index (κ3) is 23.4. The van der Waals surface area contributed by atoms with E-state index in [0.717, 1.165) is 77.3 Å². The fourth-order valence-corrected chi connectivity index (χ4v) is 16.2. The molecule has 147 heavy (non-hydrogen) atoms. The molecule has 0 saturated carbocycles. The number of hydrogen-bond acceptors (Lipinski definition) is 32. The van der Waals surface area contributed by atoms with Crippen molar-refractivity contribution in [3.63, 3.8) is 0 Å². The minimum absolute atomic E-state index is 0.0877. The molecule has 0 radical (unpaired) electrons. The summed E-state index contributed by atoms with van der Waals surface area (Å²) in [6, 6.07) is 27.6. The molecule has 6 N–H and O–H groups in total. The van der Waals surface area contributed by atoms with Crippen LogP contribution in [-0.2, 0) is 56.6 Å². The number of nitrogen functional groups attached to an aromatic ring is 2. The van der Waals surface area contributed by atoms with Crippen LogP contribution in [0.2, 0.25) is 0 Å². The summed E-state index contributed by atoms with van der Waals surface area (Å²) in [6.45, 7) is 20.8. The van der Waals surface area contributed by atoms with Crippen molar-refractivity contribution in [1.29, 1.82) is 0 Å². The molecule has 2 aliphatic rings. The normalized spacial score (nSPS) is 12.6. The molecule has 47 heteroatoms. The van der Waals surface area contributed by atoms with E-state index >= 15 is 0 Å². The average Bonchev–Trinajstić information content (AvgIpc) is 1.68. The van der Waals surface area contributed by atoms with Crippen molar-refractivity contribution < 1.29 is 73.1 Å². The lowest BCUT2D eigenvalue weighted by Crippen LogP contribution is -2.36. The van der Waals surface area contributed by atoms with Gasteiger partial charge in [0, 0.05) is 129 Å². The first kappa shape index (κ1) is 105. The molecule has 0 bridgehead atoms. The van der Waals surface area contributed by atoms with Crippen LogP contribution < -0.4 is 60.5 Å². The van der Waals surface area contributed by atoms with Gasteiger partial charge in [0.25, 0.3) is 0 Å². The first-order valence-electron chi connectivity index (χ1n) is 46.6. The van der Waals surface area contributed by atoms with Crippen molar-refractivity contribution in [2.24, 2.45) is 48.2 Å². The number of alkyl halides is 2. The van der Waals surface area contributed by atoms with Crippen LogP contribution in [0.1, 0.15) is 69.2 Å². The molecule has 768 valence electrons. The van der Waals surface area contributed by atoms with Crippen LogP contribution in [0.25, 0.3) is 134 Å². The van der Waals surface area contributed by atoms with E-state index in [1.807, 2.05) is 94.5 Å². The smallest absolute Gasteiger partial charge is 0.387 e. The number of nitrogens with zero attached hydrogens (tertiary/aromatic N) is 27. The Morgan fingerprint density at radius 1 is 0.354 bits per heavy atom. The third-order valence-electron chi connectivity index (χ3n) is 22.7. The second-order valence-electron chi connectivity index (χ2n) is 35.3. The average molecular weight is 2030 g/mol. The largest absolute Gasteiger partial charge is 0.488 e. The highest BCUT2D eigenvalue weighted by atomic mass is 19.3. The Balaban J connectivity index is 0.000000133. The maximum Gasteiger partial charge on any atom is 0.387 e. The minimum atomic E-state index is -3.10. The number of carbonyl (C=O) groups is 1. The molecule has 12 aromatic heterocycles. The Labute approximate surface area is 837 Å². The van der Waals surface area contributed by atoms with Crippen LogP contribution in [0.4, 0.5) is 75.7 Å². The second-order valence-corrected chi connectivity index (χ2v) is 35.3. The molecular formula is C100H109F8N31O8. The molecule has 0 spiro atoms. The number of benzene rings is 6. The van der Waals surface area contributed by atoms with Gasteiger partial charge in [-0.25, -0.2) is 114 Å². The molecule has 20 rings (SSSR count). The number of ether oxygens (including phenoxy) is 7. The number of morpholine rings is 2. The molecular weight excluding hydrogens is 1920 g/mol. The van der Waals surface area contributed by atoms with Gasteiger partial charge < -0.3 is 70.0 Å². The van der Waals surface area contributed by atoms with Crippen LogP contribution in [0.15, 0.2) is 147 Å². The van der Waals surface area contributed by atoms with Crippen molar-refractivity contribution in [3.05, 3.63) is 182 Å². The predicted octanol–water partition coefficient (Wildman–Crippen LogP) is 16.3. The number of anilines is 7. The summed E-state index contributed by atoms with van der Waals surface area (Å²) in [4.78, 5) is 68.9. The number of aromatic nitrogens is 24. The van der Waals surface area contributed by atoms with Gasteiger partial charge in [-0.15, -0.1) is 0 Å². The lowest BCUT2D eigenvalue weighted by Gasteiger charge is -2.28. The van der Waals surface area contributed by atoms with Crippen molar-refractivity contribution in [2.45, 2.75) is 100 Å². The van der Waals surface area contributed by atoms with Gasteiger partial charge in [0.2, 0.25) is 5.91 Å². The summed E-state index contributed by atoms with van der Waals surface area (Å²) < 4.78 is 157. The Kier molecular flexibility index (Phi) is 32.3.